The summed E-state index contributed by atoms with van der Waals surface area (Å²) in [6.45, 7) is 7.36. The van der Waals surface area contributed by atoms with Gasteiger partial charge in [-0.15, -0.1) is 0 Å². The minimum absolute atomic E-state index is 0.174. The molecule has 1 fully saturated rings. The first-order valence-corrected chi connectivity index (χ1v) is 8.84. The summed E-state index contributed by atoms with van der Waals surface area (Å²) in [5.74, 6) is -0.174. The summed E-state index contributed by atoms with van der Waals surface area (Å²) in [4.78, 5) is 9.15. The molecule has 2 aromatic rings. The van der Waals surface area contributed by atoms with Crippen LogP contribution in [0.2, 0.25) is 0 Å². The van der Waals surface area contributed by atoms with Crippen LogP contribution in [0.3, 0.4) is 0 Å². The molecule has 0 spiro atoms. The van der Waals surface area contributed by atoms with E-state index < -0.39 is 0 Å². The van der Waals surface area contributed by atoms with Gasteiger partial charge in [-0.25, -0.2) is 4.39 Å². The monoisotopic (exact) mass is 327 g/mol. The average Bonchev–Trinajstić information content (AvgIpc) is 3.05. The van der Waals surface area contributed by atoms with Gasteiger partial charge in [0.15, 0.2) is 0 Å². The van der Waals surface area contributed by atoms with Gasteiger partial charge in [0.05, 0.1) is 0 Å². The number of pyridine rings is 1. The molecule has 3 rings (SSSR count). The van der Waals surface area contributed by atoms with Crippen molar-refractivity contribution in [1.29, 1.82) is 0 Å². The van der Waals surface area contributed by atoms with E-state index >= 15 is 0 Å². The number of halogens is 1. The van der Waals surface area contributed by atoms with Crippen LogP contribution in [0.1, 0.15) is 30.9 Å². The number of likely N-dealkylation sites (N-methyl/N-ethyl adjacent to an activating group) is 1. The van der Waals surface area contributed by atoms with Gasteiger partial charge in [-0.3, -0.25) is 14.8 Å². The molecule has 0 N–H and O–H groups in total. The summed E-state index contributed by atoms with van der Waals surface area (Å²) in [5.41, 5.74) is 2.43. The summed E-state index contributed by atoms with van der Waals surface area (Å²) in [6.07, 6.45) is 6.25. The van der Waals surface area contributed by atoms with Crippen LogP contribution < -0.4 is 0 Å². The Bertz CT molecular complexity index is 615. The molecule has 3 nitrogen and oxygen atoms in total. The van der Waals surface area contributed by atoms with Crippen LogP contribution in [0.4, 0.5) is 4.39 Å². The Morgan fingerprint density at radius 1 is 1.08 bits per heavy atom. The Labute approximate surface area is 144 Å². The molecular formula is C20H26FN3. The molecule has 1 atom stereocenters. The number of aromatic nitrogens is 1. The molecule has 0 aliphatic carbocycles. The maximum absolute atomic E-state index is 13.2. The van der Waals surface area contributed by atoms with Gasteiger partial charge in [-0.1, -0.05) is 19.1 Å². The van der Waals surface area contributed by atoms with E-state index in [2.05, 4.69) is 33.8 Å². The molecule has 4 heteroatoms. The highest BCUT2D eigenvalue weighted by Crippen LogP contribution is 2.20. The Morgan fingerprint density at radius 2 is 1.75 bits per heavy atom. The summed E-state index contributed by atoms with van der Waals surface area (Å²) < 4.78 is 13.2. The molecule has 0 saturated carbocycles. The van der Waals surface area contributed by atoms with Crippen LogP contribution in [0, 0.1) is 5.82 Å². The van der Waals surface area contributed by atoms with Crippen molar-refractivity contribution in [2.45, 2.75) is 38.9 Å². The maximum Gasteiger partial charge on any atom is 0.123 e. The zero-order valence-electron chi connectivity index (χ0n) is 14.4. The third-order valence-corrected chi connectivity index (χ3v) is 4.85. The Hall–Kier alpha value is -1.78. The molecular weight excluding hydrogens is 301 g/mol. The smallest absolute Gasteiger partial charge is 0.123 e. The van der Waals surface area contributed by atoms with Gasteiger partial charge in [0, 0.05) is 38.1 Å². The Kier molecular flexibility index (Phi) is 5.94. The fourth-order valence-electron chi connectivity index (χ4n) is 3.60. The first kappa shape index (κ1) is 17.1. The highest BCUT2D eigenvalue weighted by Gasteiger charge is 2.25. The number of hydrogen-bond acceptors (Lipinski definition) is 3. The average molecular weight is 327 g/mol. The lowest BCUT2D eigenvalue weighted by Crippen LogP contribution is -2.39. The van der Waals surface area contributed by atoms with Gasteiger partial charge in [-0.05, 0) is 61.3 Å². The van der Waals surface area contributed by atoms with Gasteiger partial charge < -0.3 is 0 Å². The lowest BCUT2D eigenvalue weighted by atomic mass is 10.1. The number of nitrogens with zero attached hydrogens (tertiary/aromatic N) is 3. The highest BCUT2D eigenvalue weighted by molar-refractivity contribution is 5.17. The number of rotatable bonds is 7. The van der Waals surface area contributed by atoms with E-state index in [-0.39, 0.29) is 5.82 Å². The van der Waals surface area contributed by atoms with E-state index in [0.717, 1.165) is 31.7 Å². The first-order valence-electron chi connectivity index (χ1n) is 8.84. The van der Waals surface area contributed by atoms with E-state index in [1.54, 1.807) is 12.1 Å². The molecule has 1 aromatic heterocycles. The second kappa shape index (κ2) is 8.36. The summed E-state index contributed by atoms with van der Waals surface area (Å²) >= 11 is 0. The van der Waals surface area contributed by atoms with E-state index in [9.17, 15) is 4.39 Å². The number of benzene rings is 1. The summed E-state index contributed by atoms with van der Waals surface area (Å²) in [6, 6.07) is 11.6. The van der Waals surface area contributed by atoms with Gasteiger partial charge in [-0.2, -0.15) is 0 Å². The molecule has 0 bridgehead atoms. The molecule has 0 amide bonds. The van der Waals surface area contributed by atoms with Gasteiger partial charge >= 0.3 is 0 Å². The standard InChI is InChI=1S/C20H26FN3/c1-2-24-13-3-4-20(24)16-23(15-18-9-11-22-12-10-18)14-17-5-7-19(21)8-6-17/h5-12,20H,2-4,13-16H2,1H3. The largest absolute Gasteiger partial charge is 0.299 e. The van der Waals surface area contributed by atoms with Crippen LogP contribution in [-0.4, -0.2) is 40.5 Å². The third kappa shape index (κ3) is 4.62. The molecule has 0 radical (unpaired) electrons. The van der Waals surface area contributed by atoms with Crippen molar-refractivity contribution < 1.29 is 4.39 Å². The van der Waals surface area contributed by atoms with Gasteiger partial charge in [0.1, 0.15) is 5.82 Å². The second-order valence-electron chi connectivity index (χ2n) is 6.58. The van der Waals surface area contributed by atoms with E-state index in [1.807, 2.05) is 24.5 Å². The lowest BCUT2D eigenvalue weighted by Gasteiger charge is -2.30. The zero-order valence-corrected chi connectivity index (χ0v) is 14.4. The molecule has 1 aliphatic rings. The van der Waals surface area contributed by atoms with Crippen molar-refractivity contribution in [2.75, 3.05) is 19.6 Å². The predicted octanol–water partition coefficient (Wildman–Crippen LogP) is 3.71. The van der Waals surface area contributed by atoms with E-state index in [4.69, 9.17) is 0 Å². The van der Waals surface area contributed by atoms with E-state index in [0.29, 0.717) is 6.04 Å². The first-order chi connectivity index (χ1) is 11.7. The van der Waals surface area contributed by atoms with Gasteiger partial charge in [0.2, 0.25) is 0 Å². The molecule has 128 valence electrons. The number of hydrogen-bond donors (Lipinski definition) is 0. The highest BCUT2D eigenvalue weighted by atomic mass is 19.1. The summed E-state index contributed by atoms with van der Waals surface area (Å²) in [5, 5.41) is 0. The maximum atomic E-state index is 13.2. The van der Waals surface area contributed by atoms with Crippen molar-refractivity contribution in [1.82, 2.24) is 14.8 Å². The zero-order chi connectivity index (χ0) is 16.8. The lowest BCUT2D eigenvalue weighted by molar-refractivity contribution is 0.166. The van der Waals surface area contributed by atoms with Crippen LogP contribution in [0.15, 0.2) is 48.8 Å². The van der Waals surface area contributed by atoms with Crippen LogP contribution in [0.25, 0.3) is 0 Å². The van der Waals surface area contributed by atoms with Crippen molar-refractivity contribution in [3.8, 4) is 0 Å². The minimum atomic E-state index is -0.174. The fraction of sp³-hybridized carbons (Fsp3) is 0.450. The van der Waals surface area contributed by atoms with Gasteiger partial charge in [0.25, 0.3) is 0 Å². The second-order valence-corrected chi connectivity index (χ2v) is 6.58. The Balaban J connectivity index is 1.71. The molecule has 1 aliphatic heterocycles. The molecule has 2 heterocycles. The van der Waals surface area contributed by atoms with Crippen LogP contribution in [0.5, 0.6) is 0 Å². The van der Waals surface area contributed by atoms with Crippen LogP contribution >= 0.6 is 0 Å². The van der Waals surface area contributed by atoms with Crippen molar-refractivity contribution >= 4 is 0 Å². The van der Waals surface area contributed by atoms with Crippen molar-refractivity contribution in [3.05, 3.63) is 65.7 Å². The predicted molar refractivity (Wildman–Crippen MR) is 95.0 cm³/mol. The Morgan fingerprint density at radius 3 is 2.42 bits per heavy atom. The number of likely N-dealkylation sites (tertiary alicyclic amines) is 1. The summed E-state index contributed by atoms with van der Waals surface area (Å²) in [7, 11) is 0. The molecule has 1 saturated heterocycles. The van der Waals surface area contributed by atoms with Crippen molar-refractivity contribution in [2.24, 2.45) is 0 Å². The van der Waals surface area contributed by atoms with Crippen LogP contribution in [-0.2, 0) is 13.1 Å². The topological polar surface area (TPSA) is 19.4 Å². The van der Waals surface area contributed by atoms with E-state index in [1.165, 1.54) is 24.9 Å². The SMILES string of the molecule is CCN1CCCC1CN(Cc1ccncc1)Cc1ccc(F)cc1. The normalized spacial score (nSPS) is 18.4. The molecule has 1 aromatic carbocycles. The fourth-order valence-corrected chi connectivity index (χ4v) is 3.60. The molecule has 24 heavy (non-hydrogen) atoms. The molecule has 1 unspecified atom stereocenters. The minimum Gasteiger partial charge on any atom is -0.299 e. The quantitative estimate of drug-likeness (QED) is 0.773. The third-order valence-electron chi connectivity index (χ3n) is 4.85. The van der Waals surface area contributed by atoms with Crippen molar-refractivity contribution in [3.63, 3.8) is 0 Å².